The number of hydrogen-bond donors (Lipinski definition) is 1. The number of aliphatic hydroxyl groups excluding tert-OH is 1. The van der Waals surface area contributed by atoms with Crippen LogP contribution in [0.1, 0.15) is 11.7 Å². The average Bonchev–Trinajstić information content (AvgIpc) is 2.68. The predicted octanol–water partition coefficient (Wildman–Crippen LogP) is 0.969. The predicted molar refractivity (Wildman–Crippen MR) is 59.1 cm³/mol. The minimum absolute atomic E-state index is 0.354. The van der Waals surface area contributed by atoms with Gasteiger partial charge in [-0.1, -0.05) is 30.3 Å². The highest BCUT2D eigenvalue weighted by Crippen LogP contribution is 2.36. The van der Waals surface area contributed by atoms with Crippen LogP contribution in [0.3, 0.4) is 0 Å². The molecule has 4 atom stereocenters. The molecule has 0 radical (unpaired) electrons. The monoisotopic (exact) mass is 232 g/mol. The van der Waals surface area contributed by atoms with Crippen LogP contribution in [0.4, 0.5) is 0 Å². The summed E-state index contributed by atoms with van der Waals surface area (Å²) in [6.45, 7) is 0. The summed E-state index contributed by atoms with van der Waals surface area (Å²) >= 11 is 0. The first-order valence-corrected chi connectivity index (χ1v) is 5.53. The van der Waals surface area contributed by atoms with Gasteiger partial charge in [0.05, 0.1) is 0 Å². The summed E-state index contributed by atoms with van der Waals surface area (Å²) in [6, 6.07) is 9.44. The van der Waals surface area contributed by atoms with Gasteiger partial charge in [-0.05, 0) is 11.6 Å². The standard InChI is InChI=1S/C13H12O4/c14-10-7-6-9-13(17-10)11(15)12(16-9)8-4-2-1-3-5-8/h1-7,9,11-13,15H/t9-,11-,12-,13-/m0/s1. The number of ether oxygens (including phenoxy) is 2. The molecule has 2 aliphatic heterocycles. The lowest BCUT2D eigenvalue weighted by Gasteiger charge is -2.20. The molecule has 1 aromatic rings. The van der Waals surface area contributed by atoms with Crippen molar-refractivity contribution in [3.63, 3.8) is 0 Å². The number of hydrogen-bond acceptors (Lipinski definition) is 4. The molecule has 3 rings (SSSR count). The first kappa shape index (κ1) is 10.5. The Morgan fingerprint density at radius 3 is 2.71 bits per heavy atom. The average molecular weight is 232 g/mol. The number of benzene rings is 1. The fraction of sp³-hybridized carbons (Fsp3) is 0.308. The van der Waals surface area contributed by atoms with Crippen molar-refractivity contribution in [2.75, 3.05) is 0 Å². The molecule has 1 aromatic carbocycles. The third-order valence-corrected chi connectivity index (χ3v) is 3.08. The largest absolute Gasteiger partial charge is 0.453 e. The van der Waals surface area contributed by atoms with E-state index in [1.54, 1.807) is 6.08 Å². The lowest BCUT2D eigenvalue weighted by atomic mass is 10.0. The van der Waals surface area contributed by atoms with E-state index in [0.29, 0.717) is 0 Å². The van der Waals surface area contributed by atoms with Crippen LogP contribution >= 0.6 is 0 Å². The fourth-order valence-corrected chi connectivity index (χ4v) is 2.25. The van der Waals surface area contributed by atoms with Gasteiger partial charge in [-0.25, -0.2) is 4.79 Å². The van der Waals surface area contributed by atoms with Crippen molar-refractivity contribution in [1.29, 1.82) is 0 Å². The van der Waals surface area contributed by atoms with E-state index in [-0.39, 0.29) is 6.10 Å². The molecule has 0 aromatic heterocycles. The Hall–Kier alpha value is -1.65. The van der Waals surface area contributed by atoms with E-state index in [4.69, 9.17) is 9.47 Å². The Bertz CT molecular complexity index is 454. The molecule has 1 fully saturated rings. The number of rotatable bonds is 1. The Balaban J connectivity index is 1.87. The van der Waals surface area contributed by atoms with E-state index in [1.807, 2.05) is 30.3 Å². The van der Waals surface area contributed by atoms with Gasteiger partial charge in [-0.15, -0.1) is 0 Å². The Kier molecular flexibility index (Phi) is 2.46. The molecule has 0 aliphatic carbocycles. The second-order valence-electron chi connectivity index (χ2n) is 4.18. The smallest absolute Gasteiger partial charge is 0.330 e. The summed E-state index contributed by atoms with van der Waals surface area (Å²) < 4.78 is 10.8. The molecular formula is C13H12O4. The van der Waals surface area contributed by atoms with Crippen LogP contribution in [-0.2, 0) is 14.3 Å². The molecule has 88 valence electrons. The Morgan fingerprint density at radius 1 is 1.18 bits per heavy atom. The van der Waals surface area contributed by atoms with Gasteiger partial charge in [0, 0.05) is 6.08 Å². The molecule has 4 heteroatoms. The van der Waals surface area contributed by atoms with Crippen molar-refractivity contribution in [3.05, 3.63) is 48.0 Å². The maximum Gasteiger partial charge on any atom is 0.330 e. The number of carbonyl (C=O) groups is 1. The summed E-state index contributed by atoms with van der Waals surface area (Å²) in [5.41, 5.74) is 0.888. The van der Waals surface area contributed by atoms with Crippen LogP contribution in [0.15, 0.2) is 42.5 Å². The van der Waals surface area contributed by atoms with Gasteiger partial charge in [0.15, 0.2) is 6.10 Å². The van der Waals surface area contributed by atoms with E-state index in [0.717, 1.165) is 5.56 Å². The second-order valence-corrected chi connectivity index (χ2v) is 4.18. The normalized spacial score (nSPS) is 35.5. The fourth-order valence-electron chi connectivity index (χ4n) is 2.25. The topological polar surface area (TPSA) is 55.8 Å². The number of carbonyl (C=O) groups excluding carboxylic acids is 1. The molecule has 2 aliphatic rings. The van der Waals surface area contributed by atoms with E-state index < -0.39 is 24.3 Å². The number of fused-ring (bicyclic) bond motifs is 1. The molecule has 0 amide bonds. The maximum atomic E-state index is 11.1. The van der Waals surface area contributed by atoms with Crippen molar-refractivity contribution < 1.29 is 19.4 Å². The third kappa shape index (κ3) is 1.75. The lowest BCUT2D eigenvalue weighted by molar-refractivity contribution is -0.150. The van der Waals surface area contributed by atoms with E-state index in [9.17, 15) is 9.90 Å². The molecular weight excluding hydrogens is 220 g/mol. The van der Waals surface area contributed by atoms with Crippen molar-refractivity contribution in [3.8, 4) is 0 Å². The molecule has 0 saturated carbocycles. The van der Waals surface area contributed by atoms with Gasteiger partial charge in [-0.3, -0.25) is 0 Å². The summed E-state index contributed by atoms with van der Waals surface area (Å²) in [6.07, 6.45) is 0.757. The maximum absolute atomic E-state index is 11.1. The van der Waals surface area contributed by atoms with Crippen LogP contribution in [0.5, 0.6) is 0 Å². The summed E-state index contributed by atoms with van der Waals surface area (Å²) in [5.74, 6) is -0.428. The zero-order chi connectivity index (χ0) is 11.8. The van der Waals surface area contributed by atoms with E-state index >= 15 is 0 Å². The SMILES string of the molecule is O=C1C=C[C@@H]2O[C@@H](c3ccccc3)[C@H](O)[C@H]2O1. The Labute approximate surface area is 98.5 Å². The molecule has 2 heterocycles. The van der Waals surface area contributed by atoms with E-state index in [1.165, 1.54) is 6.08 Å². The summed E-state index contributed by atoms with van der Waals surface area (Å²) in [7, 11) is 0. The molecule has 0 spiro atoms. The van der Waals surface area contributed by atoms with Crippen molar-refractivity contribution >= 4 is 5.97 Å². The summed E-state index contributed by atoms with van der Waals surface area (Å²) in [4.78, 5) is 11.1. The molecule has 4 nitrogen and oxygen atoms in total. The highest BCUT2D eigenvalue weighted by molar-refractivity contribution is 5.83. The molecule has 1 N–H and O–H groups in total. The number of esters is 1. The van der Waals surface area contributed by atoms with Crippen molar-refractivity contribution in [1.82, 2.24) is 0 Å². The highest BCUT2D eigenvalue weighted by Gasteiger charge is 2.46. The number of aliphatic hydroxyl groups is 1. The molecule has 1 saturated heterocycles. The van der Waals surface area contributed by atoms with Gasteiger partial charge in [0.2, 0.25) is 0 Å². The van der Waals surface area contributed by atoms with Crippen LogP contribution < -0.4 is 0 Å². The quantitative estimate of drug-likeness (QED) is 0.733. The van der Waals surface area contributed by atoms with Crippen LogP contribution in [0.2, 0.25) is 0 Å². The van der Waals surface area contributed by atoms with Crippen LogP contribution in [0, 0.1) is 0 Å². The van der Waals surface area contributed by atoms with Gasteiger partial charge in [0.1, 0.15) is 18.3 Å². The first-order chi connectivity index (χ1) is 8.25. The lowest BCUT2D eigenvalue weighted by Crippen LogP contribution is -2.36. The molecule has 17 heavy (non-hydrogen) atoms. The zero-order valence-electron chi connectivity index (χ0n) is 9.02. The highest BCUT2D eigenvalue weighted by atomic mass is 16.6. The minimum atomic E-state index is -0.823. The minimum Gasteiger partial charge on any atom is -0.453 e. The van der Waals surface area contributed by atoms with Crippen LogP contribution in [0.25, 0.3) is 0 Å². The van der Waals surface area contributed by atoms with Crippen molar-refractivity contribution in [2.45, 2.75) is 24.4 Å². The van der Waals surface area contributed by atoms with Gasteiger partial charge < -0.3 is 14.6 Å². The van der Waals surface area contributed by atoms with Crippen molar-refractivity contribution in [2.24, 2.45) is 0 Å². The van der Waals surface area contributed by atoms with Gasteiger partial charge in [-0.2, -0.15) is 0 Å². The zero-order valence-corrected chi connectivity index (χ0v) is 9.02. The van der Waals surface area contributed by atoms with Gasteiger partial charge in [0.25, 0.3) is 0 Å². The molecule has 0 bridgehead atoms. The van der Waals surface area contributed by atoms with Crippen LogP contribution in [-0.4, -0.2) is 29.4 Å². The first-order valence-electron chi connectivity index (χ1n) is 5.53. The third-order valence-electron chi connectivity index (χ3n) is 3.08. The second kappa shape index (κ2) is 3.98. The summed E-state index contributed by atoms with van der Waals surface area (Å²) in [5, 5.41) is 10.1. The molecule has 0 unspecified atom stereocenters. The Morgan fingerprint density at radius 2 is 1.94 bits per heavy atom. The van der Waals surface area contributed by atoms with E-state index in [2.05, 4.69) is 0 Å². The van der Waals surface area contributed by atoms with Gasteiger partial charge >= 0.3 is 5.97 Å².